The Morgan fingerprint density at radius 2 is 2.00 bits per heavy atom. The van der Waals surface area contributed by atoms with Crippen molar-refractivity contribution in [1.82, 2.24) is 14.5 Å². The zero-order valence-corrected chi connectivity index (χ0v) is 13.5. The van der Waals surface area contributed by atoms with Gasteiger partial charge in [-0.05, 0) is 18.2 Å². The van der Waals surface area contributed by atoms with Gasteiger partial charge in [-0.25, -0.2) is 4.79 Å². The predicted octanol–water partition coefficient (Wildman–Crippen LogP) is 3.98. The van der Waals surface area contributed by atoms with Crippen molar-refractivity contribution in [2.75, 3.05) is 0 Å². The Balaban J connectivity index is 0.000000328. The van der Waals surface area contributed by atoms with Crippen molar-refractivity contribution >= 4 is 37.9 Å². The highest BCUT2D eigenvalue weighted by Crippen LogP contribution is 2.23. The van der Waals surface area contributed by atoms with E-state index >= 15 is 0 Å². The molecule has 2 aromatic heterocycles. The molecule has 0 amide bonds. The monoisotopic (exact) mass is 335 g/mol. The number of aromatic nitrogens is 3. The van der Waals surface area contributed by atoms with Crippen molar-refractivity contribution in [2.24, 2.45) is 7.05 Å². The maximum absolute atomic E-state index is 11.5. The Hall–Kier alpha value is -1.62. The van der Waals surface area contributed by atoms with Crippen molar-refractivity contribution in [2.45, 2.75) is 26.7 Å². The molecular weight excluding hydrogens is 318 g/mol. The zero-order chi connectivity index (χ0) is 14.7. The van der Waals surface area contributed by atoms with Crippen molar-refractivity contribution in [3.05, 3.63) is 39.4 Å². The van der Waals surface area contributed by atoms with Crippen LogP contribution in [0, 0.1) is 0 Å². The number of halogens is 1. The second kappa shape index (κ2) is 6.22. The van der Waals surface area contributed by atoms with Crippen molar-refractivity contribution in [1.29, 1.82) is 0 Å². The van der Waals surface area contributed by atoms with Crippen molar-refractivity contribution < 1.29 is 0 Å². The Kier molecular flexibility index (Phi) is 4.60. The molecule has 0 bridgehead atoms. The van der Waals surface area contributed by atoms with E-state index in [1.165, 1.54) is 12.8 Å². The minimum absolute atomic E-state index is 0.121. The Morgan fingerprint density at radius 3 is 2.65 bits per heavy atom. The van der Waals surface area contributed by atoms with Crippen LogP contribution in [-0.2, 0) is 7.05 Å². The summed E-state index contributed by atoms with van der Waals surface area (Å²) >= 11 is 3.42. The topological polar surface area (TPSA) is 50.7 Å². The van der Waals surface area contributed by atoms with Crippen LogP contribution in [0.1, 0.15) is 26.7 Å². The van der Waals surface area contributed by atoms with Crippen LogP contribution in [0.15, 0.2) is 33.7 Å². The van der Waals surface area contributed by atoms with Gasteiger partial charge in [0.05, 0.1) is 22.7 Å². The molecule has 5 heteroatoms. The molecule has 106 valence electrons. The summed E-state index contributed by atoms with van der Waals surface area (Å²) < 4.78 is 2.53. The molecule has 0 spiro atoms. The summed E-state index contributed by atoms with van der Waals surface area (Å²) in [4.78, 5) is 18.7. The molecule has 0 saturated heterocycles. The number of hydrogen-bond donors (Lipinski definition) is 1. The van der Waals surface area contributed by atoms with Crippen LogP contribution in [0.5, 0.6) is 0 Å². The molecule has 0 fully saturated rings. The molecule has 0 aliphatic heterocycles. The van der Waals surface area contributed by atoms with E-state index in [4.69, 9.17) is 0 Å². The number of benzene rings is 1. The molecule has 0 unspecified atom stereocenters. The molecule has 2 heterocycles. The first-order valence-electron chi connectivity index (χ1n) is 6.71. The molecule has 3 rings (SSSR count). The molecule has 0 aliphatic carbocycles. The van der Waals surface area contributed by atoms with Gasteiger partial charge in [-0.15, -0.1) is 0 Å². The van der Waals surface area contributed by atoms with Crippen LogP contribution in [0.2, 0.25) is 0 Å². The van der Waals surface area contributed by atoms with Crippen LogP contribution in [0.25, 0.3) is 21.9 Å². The third-order valence-corrected chi connectivity index (χ3v) is 3.70. The van der Waals surface area contributed by atoms with Crippen LogP contribution in [-0.4, -0.2) is 14.5 Å². The second-order valence-corrected chi connectivity index (χ2v) is 5.58. The van der Waals surface area contributed by atoms with Gasteiger partial charge in [-0.2, -0.15) is 0 Å². The molecule has 3 aromatic rings. The Labute approximate surface area is 126 Å². The fraction of sp³-hybridized carbons (Fsp3) is 0.333. The van der Waals surface area contributed by atoms with E-state index in [0.29, 0.717) is 0 Å². The summed E-state index contributed by atoms with van der Waals surface area (Å²) in [6, 6.07) is 5.81. The van der Waals surface area contributed by atoms with Gasteiger partial charge in [0.1, 0.15) is 0 Å². The summed E-state index contributed by atoms with van der Waals surface area (Å²) in [6.45, 7) is 4.36. The standard InChI is InChI=1S/C11H8BrN3O.C4H10/c1-15-9-5-13-8-3-2-6(12)4-7(8)10(9)14-11(15)16;1-3-4-2/h2-5H,1H3,(H,14,16);3-4H2,1-2H3. The lowest BCUT2D eigenvalue weighted by atomic mass is 10.2. The SMILES string of the molecule is CCCC.Cn1c(=O)[nH]c2c3cc(Br)ccc3ncc21. The number of H-pyrrole nitrogens is 1. The van der Waals surface area contributed by atoms with Gasteiger partial charge in [0, 0.05) is 16.9 Å². The highest BCUT2D eigenvalue weighted by molar-refractivity contribution is 9.10. The number of imidazole rings is 1. The van der Waals surface area contributed by atoms with E-state index in [9.17, 15) is 4.79 Å². The molecule has 0 aliphatic rings. The molecular formula is C15H18BrN3O. The lowest BCUT2D eigenvalue weighted by molar-refractivity contribution is 0.886. The van der Waals surface area contributed by atoms with E-state index < -0.39 is 0 Å². The fourth-order valence-electron chi connectivity index (χ4n) is 1.84. The largest absolute Gasteiger partial charge is 0.326 e. The molecule has 20 heavy (non-hydrogen) atoms. The summed E-state index contributed by atoms with van der Waals surface area (Å²) in [7, 11) is 1.73. The molecule has 4 nitrogen and oxygen atoms in total. The third kappa shape index (κ3) is 2.77. The van der Waals surface area contributed by atoms with Crippen LogP contribution in [0.3, 0.4) is 0 Å². The average Bonchev–Trinajstić information content (AvgIpc) is 2.75. The average molecular weight is 336 g/mol. The van der Waals surface area contributed by atoms with Gasteiger partial charge in [0.15, 0.2) is 0 Å². The predicted molar refractivity (Wildman–Crippen MR) is 87.1 cm³/mol. The van der Waals surface area contributed by atoms with E-state index in [1.807, 2.05) is 18.2 Å². The second-order valence-electron chi connectivity index (χ2n) is 4.67. The first-order chi connectivity index (χ1) is 9.58. The summed E-state index contributed by atoms with van der Waals surface area (Å²) in [5, 5.41) is 0.949. The van der Waals surface area contributed by atoms with E-state index in [-0.39, 0.29) is 5.69 Å². The number of nitrogens with zero attached hydrogens (tertiary/aromatic N) is 2. The van der Waals surface area contributed by atoms with Crippen LogP contribution >= 0.6 is 15.9 Å². The minimum Gasteiger partial charge on any atom is -0.305 e. The highest BCUT2D eigenvalue weighted by atomic mass is 79.9. The number of unbranched alkanes of at least 4 members (excludes halogenated alkanes) is 1. The molecule has 0 radical (unpaired) electrons. The zero-order valence-electron chi connectivity index (χ0n) is 11.9. The normalized spacial score (nSPS) is 10.6. The lowest BCUT2D eigenvalue weighted by Crippen LogP contribution is -2.11. The Bertz CT molecular complexity index is 787. The van der Waals surface area contributed by atoms with Gasteiger partial charge in [0.25, 0.3) is 0 Å². The lowest BCUT2D eigenvalue weighted by Gasteiger charge is -1.99. The number of hydrogen-bond acceptors (Lipinski definition) is 2. The quantitative estimate of drug-likeness (QED) is 0.731. The first kappa shape index (κ1) is 14.8. The van der Waals surface area contributed by atoms with Gasteiger partial charge >= 0.3 is 5.69 Å². The summed E-state index contributed by atoms with van der Waals surface area (Å²) in [5.74, 6) is 0. The van der Waals surface area contributed by atoms with Gasteiger partial charge in [-0.1, -0.05) is 42.6 Å². The Morgan fingerprint density at radius 1 is 1.30 bits per heavy atom. The van der Waals surface area contributed by atoms with Crippen LogP contribution < -0.4 is 5.69 Å². The molecule has 0 saturated carbocycles. The van der Waals surface area contributed by atoms with Gasteiger partial charge in [0.2, 0.25) is 0 Å². The van der Waals surface area contributed by atoms with Crippen LogP contribution in [0.4, 0.5) is 0 Å². The summed E-state index contributed by atoms with van der Waals surface area (Å²) in [6.07, 6.45) is 4.35. The number of aromatic amines is 1. The number of nitrogens with one attached hydrogen (secondary N) is 1. The summed E-state index contributed by atoms with van der Waals surface area (Å²) in [5.41, 5.74) is 2.40. The van der Waals surface area contributed by atoms with E-state index in [1.54, 1.807) is 17.8 Å². The number of fused-ring (bicyclic) bond motifs is 3. The van der Waals surface area contributed by atoms with Crippen molar-refractivity contribution in [3.8, 4) is 0 Å². The third-order valence-electron chi connectivity index (χ3n) is 3.21. The molecule has 0 atom stereocenters. The minimum atomic E-state index is -0.121. The maximum Gasteiger partial charge on any atom is 0.326 e. The first-order valence-corrected chi connectivity index (χ1v) is 7.50. The smallest absolute Gasteiger partial charge is 0.305 e. The van der Waals surface area contributed by atoms with Gasteiger partial charge in [-0.3, -0.25) is 9.55 Å². The number of rotatable bonds is 1. The number of pyridine rings is 1. The number of aryl methyl sites for hydroxylation is 1. The van der Waals surface area contributed by atoms with E-state index in [2.05, 4.69) is 39.7 Å². The van der Waals surface area contributed by atoms with Crippen molar-refractivity contribution in [3.63, 3.8) is 0 Å². The maximum atomic E-state index is 11.5. The highest BCUT2D eigenvalue weighted by Gasteiger charge is 2.07. The van der Waals surface area contributed by atoms with Gasteiger partial charge < -0.3 is 4.98 Å². The molecule has 1 aromatic carbocycles. The van der Waals surface area contributed by atoms with E-state index in [0.717, 1.165) is 26.4 Å². The fourth-order valence-corrected chi connectivity index (χ4v) is 2.20. The molecule has 1 N–H and O–H groups in total.